The van der Waals surface area contributed by atoms with Crippen LogP contribution in [0.5, 0.6) is 0 Å². The van der Waals surface area contributed by atoms with Gasteiger partial charge in [0.2, 0.25) is 0 Å². The fraction of sp³-hybridized carbons (Fsp3) is 1.00. The number of hydrogen-bond donors (Lipinski definition) is 4. The molecule has 0 aromatic rings. The summed E-state index contributed by atoms with van der Waals surface area (Å²) in [6.45, 7) is 0.369. The van der Waals surface area contributed by atoms with Gasteiger partial charge in [-0.2, -0.15) is 3.89 Å². The summed E-state index contributed by atoms with van der Waals surface area (Å²) in [5.41, 5.74) is 5.21. The highest BCUT2D eigenvalue weighted by Crippen LogP contribution is 2.24. The Balaban J connectivity index is 2.57. The van der Waals surface area contributed by atoms with Crippen molar-refractivity contribution in [1.29, 1.82) is 0 Å². The molecule has 5 N–H and O–H groups in total. The summed E-state index contributed by atoms with van der Waals surface area (Å²) in [6.07, 6.45) is -6.15. The third kappa shape index (κ3) is 3.27. The summed E-state index contributed by atoms with van der Waals surface area (Å²) in [5, 5.41) is 28.5. The average molecular weight is 257 g/mol. The first-order chi connectivity index (χ1) is 7.61. The van der Waals surface area contributed by atoms with Crippen molar-refractivity contribution < 1.29 is 28.7 Å². The molecule has 8 heteroatoms. The predicted octanol–water partition coefficient (Wildman–Crippen LogP) is -1.61. The van der Waals surface area contributed by atoms with Gasteiger partial charge in [-0.15, -0.1) is 0 Å². The topological polar surface area (TPSA) is 105 Å². The van der Waals surface area contributed by atoms with Gasteiger partial charge in [0.1, 0.15) is 24.4 Å². The number of halogens is 1. The second-order valence-corrected chi connectivity index (χ2v) is 4.00. The number of hydrogen-bond acceptors (Lipinski definition) is 7. The maximum absolute atomic E-state index is 12.1. The van der Waals surface area contributed by atoms with Crippen LogP contribution in [0.25, 0.3) is 0 Å². The molecule has 1 rings (SSSR count). The highest BCUT2D eigenvalue weighted by atomic mass is 32.2. The molecule has 5 atom stereocenters. The first-order valence-electron chi connectivity index (χ1n) is 4.86. The van der Waals surface area contributed by atoms with Crippen molar-refractivity contribution in [2.24, 2.45) is 5.73 Å². The molecule has 1 heterocycles. The summed E-state index contributed by atoms with van der Waals surface area (Å²) in [5.74, 6) is -0.145. The van der Waals surface area contributed by atoms with Crippen molar-refractivity contribution in [2.45, 2.75) is 30.7 Å². The normalized spacial score (nSPS) is 39.9. The van der Waals surface area contributed by atoms with Crippen molar-refractivity contribution >= 4 is 12.1 Å². The summed E-state index contributed by atoms with van der Waals surface area (Å²) in [7, 11) is 0. The van der Waals surface area contributed by atoms with Gasteiger partial charge in [0.25, 0.3) is 0 Å². The van der Waals surface area contributed by atoms with Crippen molar-refractivity contribution in [1.82, 2.24) is 0 Å². The summed E-state index contributed by atoms with van der Waals surface area (Å²) in [6, 6.07) is 0. The molecule has 0 spiro atoms. The third-order valence-corrected chi connectivity index (χ3v) is 2.75. The van der Waals surface area contributed by atoms with E-state index in [0.29, 0.717) is 0 Å². The minimum absolute atomic E-state index is 0.0169. The van der Waals surface area contributed by atoms with E-state index in [1.54, 1.807) is 0 Å². The Kier molecular flexibility index (Phi) is 5.90. The van der Waals surface area contributed by atoms with Gasteiger partial charge < -0.3 is 30.5 Å². The first-order valence-corrected chi connectivity index (χ1v) is 5.75. The summed E-state index contributed by atoms with van der Waals surface area (Å²) >= 11 is -0.0169. The lowest BCUT2D eigenvalue weighted by Gasteiger charge is -2.39. The lowest BCUT2D eigenvalue weighted by Crippen LogP contribution is -2.59. The second kappa shape index (κ2) is 6.70. The number of aliphatic hydroxyl groups excluding tert-OH is 3. The van der Waals surface area contributed by atoms with E-state index < -0.39 is 30.7 Å². The average Bonchev–Trinajstić information content (AvgIpc) is 2.28. The van der Waals surface area contributed by atoms with Gasteiger partial charge in [-0.05, 0) is 0 Å². The Hall–Kier alpha value is 0.0400. The van der Waals surface area contributed by atoms with Crippen molar-refractivity contribution in [2.75, 3.05) is 18.9 Å². The zero-order valence-electron chi connectivity index (χ0n) is 8.53. The molecule has 1 aliphatic rings. The fourth-order valence-electron chi connectivity index (χ4n) is 1.44. The smallest absolute Gasteiger partial charge is 0.186 e. The molecule has 1 saturated heterocycles. The Morgan fingerprint density at radius 3 is 2.50 bits per heavy atom. The monoisotopic (exact) mass is 257 g/mol. The van der Waals surface area contributed by atoms with Crippen molar-refractivity contribution in [3.05, 3.63) is 0 Å². The van der Waals surface area contributed by atoms with Crippen LogP contribution in [0.4, 0.5) is 3.89 Å². The largest absolute Gasteiger partial charge is 0.388 e. The van der Waals surface area contributed by atoms with E-state index in [0.717, 1.165) is 0 Å². The quantitative estimate of drug-likeness (QED) is 0.469. The molecule has 0 aromatic carbocycles. The Morgan fingerprint density at radius 2 is 1.94 bits per heavy atom. The minimum Gasteiger partial charge on any atom is -0.388 e. The molecule has 6 nitrogen and oxygen atoms in total. The van der Waals surface area contributed by atoms with Crippen LogP contribution in [-0.4, -0.2) is 64.9 Å². The number of nitrogens with two attached hydrogens (primary N) is 1. The van der Waals surface area contributed by atoms with Crippen LogP contribution in [0.15, 0.2) is 0 Å². The predicted molar refractivity (Wildman–Crippen MR) is 55.3 cm³/mol. The molecule has 96 valence electrons. The zero-order chi connectivity index (χ0) is 12.1. The van der Waals surface area contributed by atoms with E-state index in [9.17, 15) is 19.2 Å². The molecule has 0 aliphatic carbocycles. The molecule has 0 saturated carbocycles. The third-order valence-electron chi connectivity index (χ3n) is 2.30. The zero-order valence-corrected chi connectivity index (χ0v) is 9.35. The molecule has 1 aliphatic heterocycles. The molecule has 0 radical (unpaired) electrons. The summed E-state index contributed by atoms with van der Waals surface area (Å²) < 4.78 is 22.2. The highest BCUT2D eigenvalue weighted by molar-refractivity contribution is 7.94. The number of rotatable bonds is 5. The van der Waals surface area contributed by atoms with E-state index in [-0.39, 0.29) is 31.1 Å². The van der Waals surface area contributed by atoms with Crippen LogP contribution < -0.4 is 5.73 Å². The van der Waals surface area contributed by atoms with E-state index in [2.05, 4.69) is 0 Å². The lowest BCUT2D eigenvalue weighted by molar-refractivity contribution is -0.291. The van der Waals surface area contributed by atoms with Crippen LogP contribution in [-0.2, 0) is 9.47 Å². The second-order valence-electron chi connectivity index (χ2n) is 3.45. The van der Waals surface area contributed by atoms with Gasteiger partial charge in [0.15, 0.2) is 6.29 Å². The highest BCUT2D eigenvalue weighted by Gasteiger charge is 2.44. The van der Waals surface area contributed by atoms with Gasteiger partial charge in [-0.1, -0.05) is 0 Å². The van der Waals surface area contributed by atoms with Crippen LogP contribution in [0.3, 0.4) is 0 Å². The molecule has 0 amide bonds. The Bertz CT molecular complexity index is 211. The van der Waals surface area contributed by atoms with E-state index >= 15 is 0 Å². The van der Waals surface area contributed by atoms with Crippen molar-refractivity contribution in [3.63, 3.8) is 0 Å². The van der Waals surface area contributed by atoms with E-state index in [4.69, 9.17) is 15.2 Å². The maximum atomic E-state index is 12.1. The minimum atomic E-state index is -1.42. The van der Waals surface area contributed by atoms with Crippen LogP contribution in [0.2, 0.25) is 0 Å². The van der Waals surface area contributed by atoms with Gasteiger partial charge in [-0.3, -0.25) is 0 Å². The summed E-state index contributed by atoms with van der Waals surface area (Å²) in [4.78, 5) is 0. The molecular weight excluding hydrogens is 241 g/mol. The SMILES string of the molecule is NCCOC1OC(CSF)C(O)C(O)C1O. The molecular formula is C8H16FNO5S. The molecule has 5 unspecified atom stereocenters. The van der Waals surface area contributed by atoms with Gasteiger partial charge in [0, 0.05) is 18.7 Å². The van der Waals surface area contributed by atoms with Crippen LogP contribution in [0, 0.1) is 0 Å². The first kappa shape index (κ1) is 14.1. The van der Waals surface area contributed by atoms with Crippen molar-refractivity contribution in [3.8, 4) is 0 Å². The standard InChI is InChI=1S/C8H16FNO5S/c9-16-3-4-5(11)6(12)7(13)8(15-4)14-2-1-10/h4-8,11-13H,1-3,10H2. The Labute approximate surface area is 96.8 Å². The molecule has 0 bridgehead atoms. The van der Waals surface area contributed by atoms with Crippen LogP contribution >= 0.6 is 12.1 Å². The Morgan fingerprint density at radius 1 is 1.25 bits per heavy atom. The number of ether oxygens (including phenoxy) is 2. The number of aliphatic hydroxyl groups is 3. The van der Waals surface area contributed by atoms with E-state index in [1.165, 1.54) is 0 Å². The van der Waals surface area contributed by atoms with Gasteiger partial charge in [-0.25, -0.2) is 0 Å². The van der Waals surface area contributed by atoms with Gasteiger partial charge in [0.05, 0.1) is 12.4 Å². The maximum Gasteiger partial charge on any atom is 0.186 e. The van der Waals surface area contributed by atoms with Gasteiger partial charge >= 0.3 is 0 Å². The molecule has 16 heavy (non-hydrogen) atoms. The fourth-order valence-corrected chi connectivity index (χ4v) is 1.84. The molecule has 0 aromatic heterocycles. The lowest BCUT2D eigenvalue weighted by atomic mass is 10.00. The van der Waals surface area contributed by atoms with Crippen LogP contribution in [0.1, 0.15) is 0 Å². The molecule has 1 fully saturated rings. The van der Waals surface area contributed by atoms with E-state index in [1.807, 2.05) is 0 Å².